The fourth-order valence-corrected chi connectivity index (χ4v) is 3.93. The molecule has 2 aromatic rings. The molecule has 6 heteroatoms. The lowest BCUT2D eigenvalue weighted by Gasteiger charge is -2.24. The van der Waals surface area contributed by atoms with Gasteiger partial charge in [0.25, 0.3) is 0 Å². The Labute approximate surface area is 176 Å². The van der Waals surface area contributed by atoms with Crippen LogP contribution in [0.5, 0.6) is 11.5 Å². The van der Waals surface area contributed by atoms with Crippen LogP contribution in [0.25, 0.3) is 5.57 Å². The third-order valence-electron chi connectivity index (χ3n) is 5.60. The Bertz CT molecular complexity index is 984. The average Bonchev–Trinajstić information content (AvgIpc) is 3.28. The van der Waals surface area contributed by atoms with E-state index in [4.69, 9.17) is 18.9 Å². The van der Waals surface area contributed by atoms with Gasteiger partial charge in [0, 0.05) is 25.5 Å². The Morgan fingerprint density at radius 3 is 2.47 bits per heavy atom. The highest BCUT2D eigenvalue weighted by Gasteiger charge is 2.37. The maximum absolute atomic E-state index is 12.6. The van der Waals surface area contributed by atoms with Crippen LogP contribution in [0.2, 0.25) is 0 Å². The summed E-state index contributed by atoms with van der Waals surface area (Å²) >= 11 is 0. The van der Waals surface area contributed by atoms with Gasteiger partial charge in [0.1, 0.15) is 17.6 Å². The molecule has 0 bridgehead atoms. The van der Waals surface area contributed by atoms with Gasteiger partial charge in [-0.15, -0.1) is 0 Å². The molecule has 0 fully saturated rings. The molecule has 2 aromatic carbocycles. The Kier molecular flexibility index (Phi) is 5.30. The van der Waals surface area contributed by atoms with Gasteiger partial charge in [-0.2, -0.15) is 0 Å². The zero-order valence-electron chi connectivity index (χ0n) is 17.6. The number of methoxy groups -OCH3 is 2. The number of hydrogen-bond donors (Lipinski definition) is 1. The van der Waals surface area contributed by atoms with Crippen LogP contribution in [-0.4, -0.2) is 43.3 Å². The Morgan fingerprint density at radius 2 is 1.83 bits per heavy atom. The second kappa shape index (κ2) is 7.78. The number of fused-ring (bicyclic) bond motifs is 1. The minimum absolute atomic E-state index is 0.278. The fraction of sp³-hybridized carbons (Fsp3) is 0.375. The number of ether oxygens (including phenoxy) is 4. The van der Waals surface area contributed by atoms with Gasteiger partial charge in [0.15, 0.2) is 0 Å². The summed E-state index contributed by atoms with van der Waals surface area (Å²) in [6.07, 6.45) is 0.148. The maximum atomic E-state index is 12.6. The van der Waals surface area contributed by atoms with Crippen molar-refractivity contribution in [2.45, 2.75) is 44.7 Å². The molecule has 0 spiro atoms. The van der Waals surface area contributed by atoms with Crippen molar-refractivity contribution in [3.05, 3.63) is 64.7 Å². The van der Waals surface area contributed by atoms with E-state index in [0.29, 0.717) is 18.4 Å². The van der Waals surface area contributed by atoms with E-state index < -0.39 is 17.9 Å². The molecule has 2 atom stereocenters. The molecule has 1 N–H and O–H groups in total. The van der Waals surface area contributed by atoms with Crippen LogP contribution >= 0.6 is 0 Å². The Balaban J connectivity index is 1.66. The van der Waals surface area contributed by atoms with E-state index in [0.717, 1.165) is 33.8 Å². The molecule has 4 rings (SSSR count). The lowest BCUT2D eigenvalue weighted by atomic mass is 9.93. The summed E-state index contributed by atoms with van der Waals surface area (Å²) in [5, 5.41) is 10.3. The third kappa shape index (κ3) is 3.80. The first-order chi connectivity index (χ1) is 14.3. The number of hydrogen-bond acceptors (Lipinski definition) is 6. The maximum Gasteiger partial charge on any atom is 0.341 e. The van der Waals surface area contributed by atoms with Gasteiger partial charge < -0.3 is 24.1 Å². The summed E-state index contributed by atoms with van der Waals surface area (Å²) in [5.74, 6) is 1.11. The zero-order chi connectivity index (χ0) is 21.5. The van der Waals surface area contributed by atoms with Crippen molar-refractivity contribution in [3.63, 3.8) is 0 Å². The molecule has 0 aromatic heterocycles. The van der Waals surface area contributed by atoms with Crippen molar-refractivity contribution < 1.29 is 28.8 Å². The number of benzene rings is 2. The van der Waals surface area contributed by atoms with Crippen LogP contribution in [0.3, 0.4) is 0 Å². The van der Waals surface area contributed by atoms with Crippen LogP contribution in [0, 0.1) is 0 Å². The highest BCUT2D eigenvalue weighted by atomic mass is 16.7. The first kappa shape index (κ1) is 20.4. The lowest BCUT2D eigenvalue weighted by molar-refractivity contribution is -0.154. The van der Waals surface area contributed by atoms with Crippen molar-refractivity contribution >= 4 is 11.5 Å². The van der Waals surface area contributed by atoms with Gasteiger partial charge in [-0.05, 0) is 48.7 Å². The largest absolute Gasteiger partial charge is 0.497 e. The van der Waals surface area contributed by atoms with Crippen molar-refractivity contribution in [2.75, 3.05) is 14.2 Å². The summed E-state index contributed by atoms with van der Waals surface area (Å²) in [6.45, 7) is 3.50. The Hall–Kier alpha value is -2.83. The second-order valence-corrected chi connectivity index (χ2v) is 8.18. The van der Waals surface area contributed by atoms with E-state index in [9.17, 15) is 9.90 Å². The number of aliphatic hydroxyl groups is 1. The van der Waals surface area contributed by atoms with Gasteiger partial charge in [-0.1, -0.05) is 24.3 Å². The minimum Gasteiger partial charge on any atom is -0.497 e. The van der Waals surface area contributed by atoms with Gasteiger partial charge in [0.05, 0.1) is 18.3 Å². The summed E-state index contributed by atoms with van der Waals surface area (Å²) < 4.78 is 22.0. The third-order valence-corrected chi connectivity index (χ3v) is 5.60. The van der Waals surface area contributed by atoms with Crippen molar-refractivity contribution in [3.8, 4) is 11.5 Å². The number of carbonyl (C=O) groups excluding carboxylic acids is 1. The molecule has 2 heterocycles. The highest BCUT2D eigenvalue weighted by molar-refractivity contribution is 6.19. The first-order valence-corrected chi connectivity index (χ1v) is 9.92. The summed E-state index contributed by atoms with van der Waals surface area (Å²) in [7, 11) is 3.13. The van der Waals surface area contributed by atoms with Gasteiger partial charge in [0.2, 0.25) is 6.29 Å². The van der Waals surface area contributed by atoms with Gasteiger partial charge in [-0.25, -0.2) is 4.79 Å². The molecule has 2 aliphatic rings. The first-order valence-electron chi connectivity index (χ1n) is 9.92. The number of carbonyl (C=O) groups is 1. The molecule has 0 radical (unpaired) electrons. The SMILES string of the molecule is COc1ccc(C2=C(Cc3ccc4c(c3)CC(C(C)(C)O)O4)C(OC)OC2=O)cc1. The van der Waals surface area contributed by atoms with Crippen LogP contribution in [-0.2, 0) is 27.1 Å². The highest BCUT2D eigenvalue weighted by Crippen LogP contribution is 2.37. The van der Waals surface area contributed by atoms with Gasteiger partial charge in [-0.3, -0.25) is 0 Å². The fourth-order valence-electron chi connectivity index (χ4n) is 3.93. The Morgan fingerprint density at radius 1 is 1.10 bits per heavy atom. The van der Waals surface area contributed by atoms with E-state index in [1.165, 1.54) is 7.11 Å². The smallest absolute Gasteiger partial charge is 0.341 e. The quantitative estimate of drug-likeness (QED) is 0.737. The van der Waals surface area contributed by atoms with Crippen LogP contribution in [0.15, 0.2) is 48.0 Å². The predicted octanol–water partition coefficient (Wildman–Crippen LogP) is 3.30. The molecule has 2 unspecified atom stereocenters. The molecule has 0 amide bonds. The second-order valence-electron chi connectivity index (χ2n) is 8.18. The average molecular weight is 410 g/mol. The molecule has 0 saturated carbocycles. The molecular formula is C24H26O6. The molecule has 0 aliphatic carbocycles. The topological polar surface area (TPSA) is 74.2 Å². The van der Waals surface area contributed by atoms with Crippen LogP contribution in [0.4, 0.5) is 0 Å². The summed E-state index contributed by atoms with van der Waals surface area (Å²) in [5.41, 5.74) is 3.22. The van der Waals surface area contributed by atoms with Crippen LogP contribution < -0.4 is 9.47 Å². The van der Waals surface area contributed by atoms with Crippen molar-refractivity contribution in [1.82, 2.24) is 0 Å². The minimum atomic E-state index is -0.921. The van der Waals surface area contributed by atoms with Gasteiger partial charge >= 0.3 is 5.97 Å². The standard InChI is InChI=1S/C24H26O6/c1-24(2,26)20-13-16-11-14(5-10-19(16)29-20)12-18-21(22(25)30-23(18)28-4)15-6-8-17(27-3)9-7-15/h5-11,20,23,26H,12-13H2,1-4H3. The van der Waals surface area contributed by atoms with Crippen molar-refractivity contribution in [2.24, 2.45) is 0 Å². The monoisotopic (exact) mass is 410 g/mol. The van der Waals surface area contributed by atoms with E-state index in [1.54, 1.807) is 21.0 Å². The molecule has 6 nitrogen and oxygen atoms in total. The van der Waals surface area contributed by atoms with E-state index in [1.807, 2.05) is 36.4 Å². The normalized spacial score (nSPS) is 20.8. The molecule has 2 aliphatic heterocycles. The predicted molar refractivity (Wildman–Crippen MR) is 111 cm³/mol. The lowest BCUT2D eigenvalue weighted by Crippen LogP contribution is -2.39. The summed E-state index contributed by atoms with van der Waals surface area (Å²) in [6, 6.07) is 13.3. The van der Waals surface area contributed by atoms with E-state index in [2.05, 4.69) is 6.07 Å². The van der Waals surface area contributed by atoms with Crippen LogP contribution in [0.1, 0.15) is 30.5 Å². The number of esters is 1. The molecular weight excluding hydrogens is 384 g/mol. The molecule has 30 heavy (non-hydrogen) atoms. The number of cyclic esters (lactones) is 1. The van der Waals surface area contributed by atoms with E-state index in [-0.39, 0.29) is 6.10 Å². The summed E-state index contributed by atoms with van der Waals surface area (Å²) in [4.78, 5) is 12.6. The molecule has 0 saturated heterocycles. The van der Waals surface area contributed by atoms with Crippen molar-refractivity contribution in [1.29, 1.82) is 0 Å². The van der Waals surface area contributed by atoms with E-state index >= 15 is 0 Å². The molecule has 158 valence electrons. The zero-order valence-corrected chi connectivity index (χ0v) is 17.6. The number of rotatable bonds is 6.